The molecule has 0 atom stereocenters. The minimum absolute atomic E-state index is 0.0438. The maximum Gasteiger partial charge on any atom is 0.411 e. The summed E-state index contributed by atoms with van der Waals surface area (Å²) >= 11 is 0. The van der Waals surface area contributed by atoms with Gasteiger partial charge in [-0.15, -0.1) is 0 Å². The third kappa shape index (κ3) is 3.89. The Bertz CT molecular complexity index is 1010. The average molecular weight is 352 g/mol. The summed E-state index contributed by atoms with van der Waals surface area (Å²) in [5.41, 5.74) is 1.49. The summed E-state index contributed by atoms with van der Waals surface area (Å²) in [5, 5.41) is 5.66. The lowest BCUT2D eigenvalue weighted by atomic mass is 10.2. The molecule has 0 unspecified atom stereocenters. The number of hydrogen-bond acceptors (Lipinski definition) is 5. The predicted molar refractivity (Wildman–Crippen MR) is 96.1 cm³/mol. The molecule has 3 rings (SSSR count). The molecule has 7 nitrogen and oxygen atoms in total. The van der Waals surface area contributed by atoms with Crippen molar-refractivity contribution >= 4 is 28.7 Å². The number of rotatable bonds is 4. The fourth-order valence-corrected chi connectivity index (χ4v) is 2.36. The van der Waals surface area contributed by atoms with Crippen molar-refractivity contribution in [2.24, 2.45) is 0 Å². The van der Waals surface area contributed by atoms with Gasteiger partial charge in [0.1, 0.15) is 5.58 Å². The van der Waals surface area contributed by atoms with E-state index in [1.165, 1.54) is 13.2 Å². The summed E-state index contributed by atoms with van der Waals surface area (Å²) in [6.07, 6.45) is -0.558. The van der Waals surface area contributed by atoms with Crippen LogP contribution in [0.25, 0.3) is 11.0 Å². The first-order valence-corrected chi connectivity index (χ1v) is 7.82. The van der Waals surface area contributed by atoms with Gasteiger partial charge in [-0.2, -0.15) is 0 Å². The molecule has 1 aromatic heterocycles. The molecule has 0 saturated carbocycles. The van der Waals surface area contributed by atoms with Crippen LogP contribution in [0.4, 0.5) is 10.5 Å². The second kappa shape index (κ2) is 7.52. The number of hydrogen-bond donors (Lipinski definition) is 2. The topological polar surface area (TPSA) is 97.6 Å². The molecular formula is C19H16N2O5. The van der Waals surface area contributed by atoms with E-state index in [0.29, 0.717) is 16.7 Å². The van der Waals surface area contributed by atoms with E-state index in [0.717, 1.165) is 5.56 Å². The first kappa shape index (κ1) is 17.2. The van der Waals surface area contributed by atoms with Crippen LogP contribution in [0, 0.1) is 0 Å². The highest BCUT2D eigenvalue weighted by molar-refractivity contribution is 5.93. The number of para-hydroxylation sites is 1. The van der Waals surface area contributed by atoms with Crippen LogP contribution in [0.1, 0.15) is 16.1 Å². The van der Waals surface area contributed by atoms with Crippen LogP contribution < -0.4 is 16.1 Å². The average Bonchev–Trinajstić information content (AvgIpc) is 2.67. The summed E-state index contributed by atoms with van der Waals surface area (Å²) in [6, 6.07) is 14.8. The molecule has 2 amide bonds. The van der Waals surface area contributed by atoms with Gasteiger partial charge >= 0.3 is 6.09 Å². The first-order chi connectivity index (χ1) is 12.6. The van der Waals surface area contributed by atoms with Crippen molar-refractivity contribution in [1.82, 2.24) is 5.32 Å². The molecule has 7 heteroatoms. The van der Waals surface area contributed by atoms with Crippen LogP contribution in [0.5, 0.6) is 0 Å². The second-order valence-corrected chi connectivity index (χ2v) is 5.47. The molecule has 2 aromatic carbocycles. The zero-order valence-electron chi connectivity index (χ0n) is 13.9. The molecule has 1 heterocycles. The Morgan fingerprint density at radius 3 is 2.54 bits per heavy atom. The zero-order chi connectivity index (χ0) is 18.5. The number of amides is 2. The van der Waals surface area contributed by atoms with E-state index in [2.05, 4.69) is 15.4 Å². The third-order valence-corrected chi connectivity index (χ3v) is 3.70. The number of benzene rings is 2. The minimum Gasteiger partial charge on any atom is -0.453 e. The van der Waals surface area contributed by atoms with Gasteiger partial charge in [-0.05, 0) is 29.8 Å². The van der Waals surface area contributed by atoms with Gasteiger partial charge in [0.05, 0.1) is 12.5 Å². The van der Waals surface area contributed by atoms with Crippen LogP contribution in [-0.4, -0.2) is 19.1 Å². The van der Waals surface area contributed by atoms with Crippen LogP contribution in [0.2, 0.25) is 0 Å². The molecule has 0 aliphatic carbocycles. The maximum absolute atomic E-state index is 12.2. The van der Waals surface area contributed by atoms with E-state index in [9.17, 15) is 14.4 Å². The Balaban J connectivity index is 1.67. The van der Waals surface area contributed by atoms with Gasteiger partial charge in [0.25, 0.3) is 5.91 Å². The van der Waals surface area contributed by atoms with Crippen molar-refractivity contribution in [1.29, 1.82) is 0 Å². The number of carbonyl (C=O) groups is 2. The molecule has 0 spiro atoms. The van der Waals surface area contributed by atoms with Gasteiger partial charge in [-0.1, -0.05) is 24.3 Å². The number of carbonyl (C=O) groups excluding carboxylic acids is 2. The SMILES string of the molecule is COC(=O)Nc1ccc(CNC(=O)c2cc(=O)c3ccccc3o2)cc1. The van der Waals surface area contributed by atoms with Crippen molar-refractivity contribution < 1.29 is 18.7 Å². The zero-order valence-corrected chi connectivity index (χ0v) is 13.9. The quantitative estimate of drug-likeness (QED) is 0.752. The third-order valence-electron chi connectivity index (χ3n) is 3.70. The molecule has 3 aromatic rings. The van der Waals surface area contributed by atoms with E-state index in [-0.39, 0.29) is 17.7 Å². The fourth-order valence-electron chi connectivity index (χ4n) is 2.36. The highest BCUT2D eigenvalue weighted by Crippen LogP contribution is 2.13. The van der Waals surface area contributed by atoms with Gasteiger partial charge in [-0.25, -0.2) is 4.79 Å². The second-order valence-electron chi connectivity index (χ2n) is 5.47. The van der Waals surface area contributed by atoms with Gasteiger partial charge in [0, 0.05) is 18.3 Å². The van der Waals surface area contributed by atoms with E-state index in [1.54, 1.807) is 48.5 Å². The largest absolute Gasteiger partial charge is 0.453 e. The number of fused-ring (bicyclic) bond motifs is 1. The number of methoxy groups -OCH3 is 1. The van der Waals surface area contributed by atoms with Crippen LogP contribution in [-0.2, 0) is 11.3 Å². The highest BCUT2D eigenvalue weighted by Gasteiger charge is 2.12. The summed E-state index contributed by atoms with van der Waals surface area (Å²) in [4.78, 5) is 35.4. The summed E-state index contributed by atoms with van der Waals surface area (Å²) < 4.78 is 10.0. The van der Waals surface area contributed by atoms with Crippen molar-refractivity contribution in [3.63, 3.8) is 0 Å². The number of nitrogens with one attached hydrogen (secondary N) is 2. The summed E-state index contributed by atoms with van der Waals surface area (Å²) in [5.74, 6) is -0.526. The lowest BCUT2D eigenvalue weighted by Gasteiger charge is -2.07. The van der Waals surface area contributed by atoms with Crippen LogP contribution in [0.15, 0.2) is 63.8 Å². The summed E-state index contributed by atoms with van der Waals surface area (Å²) in [7, 11) is 1.28. The Labute approximate surface area is 148 Å². The van der Waals surface area contributed by atoms with Crippen LogP contribution in [0.3, 0.4) is 0 Å². The van der Waals surface area contributed by atoms with Crippen molar-refractivity contribution in [2.45, 2.75) is 6.54 Å². The maximum atomic E-state index is 12.2. The standard InChI is InChI=1S/C19H16N2O5/c1-25-19(24)21-13-8-6-12(7-9-13)11-20-18(23)17-10-15(22)14-4-2-3-5-16(14)26-17/h2-10H,11H2,1H3,(H,20,23)(H,21,24). The monoisotopic (exact) mass is 352 g/mol. The molecular weight excluding hydrogens is 336 g/mol. The van der Waals surface area contributed by atoms with Gasteiger partial charge in [0.2, 0.25) is 0 Å². The smallest absolute Gasteiger partial charge is 0.411 e. The molecule has 0 radical (unpaired) electrons. The molecule has 26 heavy (non-hydrogen) atoms. The van der Waals surface area contributed by atoms with E-state index in [1.807, 2.05) is 0 Å². The minimum atomic E-state index is -0.558. The summed E-state index contributed by atoms with van der Waals surface area (Å²) in [6.45, 7) is 0.244. The Morgan fingerprint density at radius 1 is 1.08 bits per heavy atom. The molecule has 132 valence electrons. The highest BCUT2D eigenvalue weighted by atomic mass is 16.5. The fraction of sp³-hybridized carbons (Fsp3) is 0.105. The van der Waals surface area contributed by atoms with Crippen molar-refractivity contribution in [3.05, 3.63) is 76.1 Å². The molecule has 0 aliphatic heterocycles. The predicted octanol–water partition coefficient (Wildman–Crippen LogP) is 2.90. The normalized spacial score (nSPS) is 10.3. The van der Waals surface area contributed by atoms with E-state index < -0.39 is 12.0 Å². The van der Waals surface area contributed by atoms with Crippen LogP contribution >= 0.6 is 0 Å². The van der Waals surface area contributed by atoms with Gasteiger partial charge in [0.15, 0.2) is 11.2 Å². The number of anilines is 1. The molecule has 0 saturated heterocycles. The van der Waals surface area contributed by atoms with Gasteiger partial charge < -0.3 is 14.5 Å². The lowest BCUT2D eigenvalue weighted by Crippen LogP contribution is -2.24. The Kier molecular flexibility index (Phi) is 4.98. The van der Waals surface area contributed by atoms with E-state index >= 15 is 0 Å². The van der Waals surface area contributed by atoms with Crippen molar-refractivity contribution in [3.8, 4) is 0 Å². The molecule has 2 N–H and O–H groups in total. The molecule has 0 fully saturated rings. The lowest BCUT2D eigenvalue weighted by molar-refractivity contribution is 0.0923. The first-order valence-electron chi connectivity index (χ1n) is 7.82. The van der Waals surface area contributed by atoms with Gasteiger partial charge in [-0.3, -0.25) is 14.9 Å². The Hall–Kier alpha value is -3.61. The molecule has 0 aliphatic rings. The molecule has 0 bridgehead atoms. The number of ether oxygens (including phenoxy) is 1. The van der Waals surface area contributed by atoms with E-state index in [4.69, 9.17) is 4.42 Å². The van der Waals surface area contributed by atoms with Crippen molar-refractivity contribution in [2.75, 3.05) is 12.4 Å². The Morgan fingerprint density at radius 2 is 1.81 bits per heavy atom.